The van der Waals surface area contributed by atoms with E-state index < -0.39 is 6.10 Å². The molecule has 2 aromatic carbocycles. The quantitative estimate of drug-likeness (QED) is 0.867. The van der Waals surface area contributed by atoms with Crippen LogP contribution < -0.4 is 15.4 Å². The van der Waals surface area contributed by atoms with E-state index in [1.165, 1.54) is 11.1 Å². The molecule has 0 saturated carbocycles. The summed E-state index contributed by atoms with van der Waals surface area (Å²) in [4.78, 5) is 14.2. The Kier molecular flexibility index (Phi) is 3.53. The summed E-state index contributed by atoms with van der Waals surface area (Å²) in [6, 6.07) is 11.5. The average molecular weight is 296 g/mol. The lowest BCUT2D eigenvalue weighted by Crippen LogP contribution is -2.45. The molecule has 4 nitrogen and oxygen atoms in total. The van der Waals surface area contributed by atoms with Gasteiger partial charge in [0.25, 0.3) is 5.91 Å². The number of carbonyl (C=O) groups is 1. The van der Waals surface area contributed by atoms with Gasteiger partial charge in [-0.25, -0.2) is 0 Å². The Bertz CT molecular complexity index is 740. The van der Waals surface area contributed by atoms with Gasteiger partial charge in [-0.1, -0.05) is 18.2 Å². The molecule has 1 heterocycles. The second-order valence-corrected chi connectivity index (χ2v) is 5.79. The molecule has 0 spiro atoms. The molecular formula is C18H20N2O2. The van der Waals surface area contributed by atoms with Crippen LogP contribution in [-0.2, 0) is 11.2 Å². The number of ether oxygens (including phenoxy) is 1. The number of nitrogens with zero attached hydrogens (tertiary/aromatic N) is 1. The van der Waals surface area contributed by atoms with Gasteiger partial charge in [0, 0.05) is 25.2 Å². The number of hydrogen-bond acceptors (Lipinski definition) is 3. The minimum absolute atomic E-state index is 0.0295. The van der Waals surface area contributed by atoms with Crippen molar-refractivity contribution in [1.29, 1.82) is 0 Å². The van der Waals surface area contributed by atoms with E-state index in [0.29, 0.717) is 17.9 Å². The first-order chi connectivity index (χ1) is 10.5. The molecular weight excluding hydrogens is 276 g/mol. The molecule has 0 aliphatic carbocycles. The van der Waals surface area contributed by atoms with Crippen molar-refractivity contribution in [2.75, 3.05) is 17.7 Å². The van der Waals surface area contributed by atoms with Gasteiger partial charge in [0.2, 0.25) is 0 Å². The molecule has 114 valence electrons. The van der Waals surface area contributed by atoms with E-state index in [1.54, 1.807) is 24.1 Å². The first-order valence-corrected chi connectivity index (χ1v) is 7.36. The van der Waals surface area contributed by atoms with Crippen LogP contribution in [0.5, 0.6) is 5.75 Å². The maximum atomic E-state index is 12.5. The van der Waals surface area contributed by atoms with Crippen LogP contribution >= 0.6 is 0 Å². The minimum atomic E-state index is -0.514. The first-order valence-electron chi connectivity index (χ1n) is 7.36. The molecule has 4 heteroatoms. The van der Waals surface area contributed by atoms with Crippen molar-refractivity contribution in [3.63, 3.8) is 0 Å². The molecule has 0 radical (unpaired) electrons. The fourth-order valence-corrected chi connectivity index (χ4v) is 2.80. The monoisotopic (exact) mass is 296 g/mol. The number of fused-ring (bicyclic) bond motifs is 1. The first kappa shape index (κ1) is 14.4. The van der Waals surface area contributed by atoms with Crippen LogP contribution in [0, 0.1) is 13.8 Å². The fourth-order valence-electron chi connectivity index (χ4n) is 2.80. The van der Waals surface area contributed by atoms with Crippen LogP contribution in [-0.4, -0.2) is 19.1 Å². The summed E-state index contributed by atoms with van der Waals surface area (Å²) < 4.78 is 5.92. The largest absolute Gasteiger partial charge is 0.478 e. The maximum Gasteiger partial charge on any atom is 0.268 e. The molecule has 3 rings (SSSR count). The summed E-state index contributed by atoms with van der Waals surface area (Å²) >= 11 is 0. The highest BCUT2D eigenvalue weighted by Crippen LogP contribution is 2.35. The van der Waals surface area contributed by atoms with Gasteiger partial charge in [-0.3, -0.25) is 4.79 Å². The van der Waals surface area contributed by atoms with E-state index in [1.807, 2.05) is 18.2 Å². The lowest BCUT2D eigenvalue weighted by atomic mass is 9.97. The molecule has 2 aromatic rings. The zero-order valence-corrected chi connectivity index (χ0v) is 13.1. The molecule has 1 aliphatic rings. The standard InChI is InChI=1S/C18H20N2O2/c1-11-5-4-6-13(12(11)2)9-17-18(21)20(3)15-8-7-14(19)10-16(15)22-17/h4-8,10,17H,9,19H2,1-3H3. The Morgan fingerprint density at radius 2 is 2.00 bits per heavy atom. The molecule has 2 N–H and O–H groups in total. The highest BCUT2D eigenvalue weighted by molar-refractivity contribution is 6.00. The lowest BCUT2D eigenvalue weighted by molar-refractivity contribution is -0.125. The van der Waals surface area contributed by atoms with Gasteiger partial charge in [0.1, 0.15) is 5.75 Å². The number of anilines is 2. The third-order valence-corrected chi connectivity index (χ3v) is 4.34. The predicted octanol–water partition coefficient (Wildman–Crippen LogP) is 2.85. The van der Waals surface area contributed by atoms with Crippen molar-refractivity contribution in [2.24, 2.45) is 0 Å². The number of benzene rings is 2. The summed E-state index contributed by atoms with van der Waals surface area (Å²) in [5.41, 5.74) is 10.8. The highest BCUT2D eigenvalue weighted by atomic mass is 16.5. The summed E-state index contributed by atoms with van der Waals surface area (Å²) in [5.74, 6) is 0.635. The summed E-state index contributed by atoms with van der Waals surface area (Å²) in [7, 11) is 1.77. The van der Waals surface area contributed by atoms with Crippen LogP contribution in [0.4, 0.5) is 11.4 Å². The Morgan fingerprint density at radius 3 is 2.77 bits per heavy atom. The van der Waals surface area contributed by atoms with Gasteiger partial charge >= 0.3 is 0 Å². The van der Waals surface area contributed by atoms with Gasteiger partial charge in [-0.15, -0.1) is 0 Å². The van der Waals surface area contributed by atoms with Crippen molar-refractivity contribution >= 4 is 17.3 Å². The SMILES string of the molecule is Cc1cccc(CC2Oc3cc(N)ccc3N(C)C2=O)c1C. The van der Waals surface area contributed by atoms with Gasteiger partial charge in [-0.05, 0) is 42.7 Å². The third kappa shape index (κ3) is 2.41. The average Bonchev–Trinajstić information content (AvgIpc) is 2.49. The second-order valence-electron chi connectivity index (χ2n) is 5.79. The van der Waals surface area contributed by atoms with Crippen molar-refractivity contribution < 1.29 is 9.53 Å². The number of carbonyl (C=O) groups excluding carboxylic acids is 1. The van der Waals surface area contributed by atoms with Gasteiger partial charge in [0.15, 0.2) is 6.10 Å². The molecule has 1 atom stereocenters. The maximum absolute atomic E-state index is 12.5. The molecule has 0 bridgehead atoms. The minimum Gasteiger partial charge on any atom is -0.478 e. The Balaban J connectivity index is 1.92. The molecule has 0 saturated heterocycles. The number of amides is 1. The summed E-state index contributed by atoms with van der Waals surface area (Å²) in [6.07, 6.45) is 0.0464. The Labute approximate surface area is 130 Å². The third-order valence-electron chi connectivity index (χ3n) is 4.34. The fraction of sp³-hybridized carbons (Fsp3) is 0.278. The molecule has 1 aliphatic heterocycles. The van der Waals surface area contributed by atoms with Crippen LogP contribution in [0.3, 0.4) is 0 Å². The van der Waals surface area contributed by atoms with Crippen molar-refractivity contribution in [2.45, 2.75) is 26.4 Å². The zero-order chi connectivity index (χ0) is 15.9. The summed E-state index contributed by atoms with van der Waals surface area (Å²) in [6.45, 7) is 4.15. The van der Waals surface area contributed by atoms with Gasteiger partial charge in [-0.2, -0.15) is 0 Å². The number of likely N-dealkylation sites (N-methyl/N-ethyl adjacent to an activating group) is 1. The smallest absolute Gasteiger partial charge is 0.268 e. The predicted molar refractivity (Wildman–Crippen MR) is 88.3 cm³/mol. The number of aryl methyl sites for hydroxylation is 1. The Hall–Kier alpha value is -2.49. The zero-order valence-electron chi connectivity index (χ0n) is 13.1. The molecule has 0 aromatic heterocycles. The van der Waals surface area contributed by atoms with Crippen LogP contribution in [0.25, 0.3) is 0 Å². The van der Waals surface area contributed by atoms with E-state index in [-0.39, 0.29) is 5.91 Å². The van der Waals surface area contributed by atoms with Crippen molar-refractivity contribution in [3.05, 3.63) is 53.1 Å². The molecule has 1 unspecified atom stereocenters. The molecule has 22 heavy (non-hydrogen) atoms. The van der Waals surface area contributed by atoms with Gasteiger partial charge < -0.3 is 15.4 Å². The van der Waals surface area contributed by atoms with E-state index in [4.69, 9.17) is 10.5 Å². The highest BCUT2D eigenvalue weighted by Gasteiger charge is 2.32. The molecule has 1 amide bonds. The number of nitrogens with two attached hydrogens (primary N) is 1. The van der Waals surface area contributed by atoms with Gasteiger partial charge in [0.05, 0.1) is 5.69 Å². The normalized spacial score (nSPS) is 17.1. The number of rotatable bonds is 2. The number of nitrogen functional groups attached to an aromatic ring is 1. The molecule has 0 fully saturated rings. The van der Waals surface area contributed by atoms with Crippen molar-refractivity contribution in [1.82, 2.24) is 0 Å². The Morgan fingerprint density at radius 1 is 1.23 bits per heavy atom. The van der Waals surface area contributed by atoms with Crippen LogP contribution in [0.2, 0.25) is 0 Å². The van der Waals surface area contributed by atoms with E-state index >= 15 is 0 Å². The van der Waals surface area contributed by atoms with Crippen LogP contribution in [0.1, 0.15) is 16.7 Å². The lowest BCUT2D eigenvalue weighted by Gasteiger charge is -2.32. The number of hydrogen-bond donors (Lipinski definition) is 1. The van der Waals surface area contributed by atoms with E-state index in [0.717, 1.165) is 11.3 Å². The second kappa shape index (κ2) is 5.37. The summed E-state index contributed by atoms with van der Waals surface area (Å²) in [5, 5.41) is 0. The van der Waals surface area contributed by atoms with Crippen molar-refractivity contribution in [3.8, 4) is 5.75 Å². The van der Waals surface area contributed by atoms with E-state index in [2.05, 4.69) is 19.9 Å². The topological polar surface area (TPSA) is 55.6 Å². The van der Waals surface area contributed by atoms with Crippen LogP contribution in [0.15, 0.2) is 36.4 Å². The van der Waals surface area contributed by atoms with E-state index in [9.17, 15) is 4.79 Å².